The van der Waals surface area contributed by atoms with E-state index in [9.17, 15) is 34.8 Å². The lowest BCUT2D eigenvalue weighted by atomic mass is 9.57. The lowest BCUT2D eigenvalue weighted by Gasteiger charge is -2.50. The molecular weight excluding hydrogens is 468 g/mol. The number of Topliss-reactive ketones (excluding diaryl/α,β-unsaturated/α-hetero) is 2. The highest BCUT2D eigenvalue weighted by atomic mass is 16.3. The molecule has 0 spiro atoms. The van der Waals surface area contributed by atoms with E-state index in [4.69, 9.17) is 5.73 Å². The van der Waals surface area contributed by atoms with Crippen molar-refractivity contribution >= 4 is 28.9 Å². The molecule has 0 radical (unpaired) electrons. The van der Waals surface area contributed by atoms with Crippen LogP contribution in [0.25, 0.3) is 5.76 Å². The predicted molar refractivity (Wildman–Crippen MR) is 131 cm³/mol. The second-order valence-electron chi connectivity index (χ2n) is 9.94. The minimum atomic E-state index is -2.64. The second-order valence-corrected chi connectivity index (χ2v) is 9.94. The summed E-state index contributed by atoms with van der Waals surface area (Å²) >= 11 is 0. The Bertz CT molecular complexity index is 1220. The van der Waals surface area contributed by atoms with E-state index < -0.39 is 58.0 Å². The van der Waals surface area contributed by atoms with Gasteiger partial charge in [0.25, 0.3) is 5.91 Å². The normalized spacial score (nSPS) is 27.7. The maximum atomic E-state index is 13.8. The van der Waals surface area contributed by atoms with Gasteiger partial charge in [0, 0.05) is 37.3 Å². The number of fused-ring (bicyclic) bond motifs is 3. The van der Waals surface area contributed by atoms with Crippen molar-refractivity contribution in [2.75, 3.05) is 46.2 Å². The molecule has 0 bridgehead atoms. The van der Waals surface area contributed by atoms with Crippen molar-refractivity contribution in [3.8, 4) is 5.75 Å². The minimum absolute atomic E-state index is 0.0566. The largest absolute Gasteiger partial charge is 0.508 e. The fourth-order valence-corrected chi connectivity index (χ4v) is 5.99. The van der Waals surface area contributed by atoms with E-state index in [0.717, 1.165) is 5.69 Å². The number of benzene rings is 1. The summed E-state index contributed by atoms with van der Waals surface area (Å²) in [6.45, 7) is 1.33. The third-order valence-corrected chi connectivity index (χ3v) is 7.69. The van der Waals surface area contributed by atoms with Gasteiger partial charge in [-0.1, -0.05) is 0 Å². The van der Waals surface area contributed by atoms with Crippen LogP contribution in [0.3, 0.4) is 0 Å². The number of phenolic OH excluding ortho intramolecular Hbond substituents is 1. The number of phenols is 1. The molecule has 0 heterocycles. The second kappa shape index (κ2) is 8.91. The van der Waals surface area contributed by atoms with E-state index in [0.29, 0.717) is 18.7 Å². The van der Waals surface area contributed by atoms with Crippen LogP contribution >= 0.6 is 0 Å². The van der Waals surface area contributed by atoms with Crippen LogP contribution in [0, 0.1) is 11.8 Å². The average Bonchev–Trinajstić information content (AvgIpc) is 2.79. The van der Waals surface area contributed by atoms with Crippen molar-refractivity contribution in [1.29, 1.82) is 0 Å². The maximum Gasteiger partial charge on any atom is 0.255 e. The number of hydrogen-bond acceptors (Lipinski definition) is 10. The van der Waals surface area contributed by atoms with Gasteiger partial charge in [0.05, 0.1) is 11.6 Å². The number of ketones is 2. The summed E-state index contributed by atoms with van der Waals surface area (Å²) in [6, 6.07) is 2.06. The predicted octanol–water partition coefficient (Wildman–Crippen LogP) is -0.380. The third kappa shape index (κ3) is 3.49. The number of rotatable bonds is 6. The number of hydrogen-bond donors (Lipinski definition) is 6. The van der Waals surface area contributed by atoms with Gasteiger partial charge < -0.3 is 36.4 Å². The number of aliphatic hydroxyl groups excluding tert-OH is 2. The molecule has 11 nitrogen and oxygen atoms in total. The molecule has 7 N–H and O–H groups in total. The quantitative estimate of drug-likeness (QED) is 0.282. The molecule has 1 amide bonds. The maximum absolute atomic E-state index is 13.8. The number of primary amides is 1. The smallest absolute Gasteiger partial charge is 0.255 e. The highest BCUT2D eigenvalue weighted by Crippen LogP contribution is 2.53. The van der Waals surface area contributed by atoms with Crippen LogP contribution in [0.1, 0.15) is 17.5 Å². The molecule has 0 saturated heterocycles. The molecule has 194 valence electrons. The Hall–Kier alpha value is -3.41. The summed E-state index contributed by atoms with van der Waals surface area (Å²) in [5.74, 6) is -6.57. The first-order valence-electron chi connectivity index (χ1n) is 11.7. The first-order valence-corrected chi connectivity index (χ1v) is 11.7. The number of carbonyl (C=O) groups excluding carboxylic acids is 3. The molecule has 36 heavy (non-hydrogen) atoms. The Morgan fingerprint density at radius 1 is 1.19 bits per heavy atom. The molecule has 1 unspecified atom stereocenters. The van der Waals surface area contributed by atoms with Gasteiger partial charge in [0.1, 0.15) is 22.8 Å². The van der Waals surface area contributed by atoms with Gasteiger partial charge in [0.15, 0.2) is 11.4 Å². The molecule has 1 saturated carbocycles. The zero-order chi connectivity index (χ0) is 26.7. The lowest BCUT2D eigenvalue weighted by molar-refractivity contribution is -0.153. The topological polar surface area (TPSA) is 177 Å². The molecule has 11 heteroatoms. The molecule has 0 aromatic heterocycles. The Balaban J connectivity index is 1.93. The summed E-state index contributed by atoms with van der Waals surface area (Å²) in [6.07, 6.45) is 0.309. The standard InChI is InChI=1S/C25H32N4O7/c1-27-7-8-29(4)14-5-6-15(30)17-12(14)9-11-10-13-19(28(2)3)21(32)18(24(26)35)23(34)25(13,36)22(33)16(11)20(17)31/h5-6,11,13,19,27,30-31,34,36H,7-10H2,1-4H3,(H2,26,35)/t11?,13-,19+,25-/m0/s1. The van der Waals surface area contributed by atoms with Crippen LogP contribution in [0.5, 0.6) is 5.75 Å². The molecule has 3 aliphatic rings. The van der Waals surface area contributed by atoms with Crippen molar-refractivity contribution in [3.63, 3.8) is 0 Å². The summed E-state index contributed by atoms with van der Waals surface area (Å²) in [7, 11) is 6.84. The molecule has 3 aliphatic carbocycles. The van der Waals surface area contributed by atoms with Crippen LogP contribution in [0.2, 0.25) is 0 Å². The SMILES string of the molecule is CNCCN(C)c1ccc(O)c2c1CC1C[C@H]3[C@@H](N(C)C)C(=O)C(C(N)=O)=C(O)[C@@]3(O)C(=O)C1=C2O. The van der Waals surface area contributed by atoms with E-state index in [2.05, 4.69) is 5.32 Å². The van der Waals surface area contributed by atoms with Gasteiger partial charge in [-0.25, -0.2) is 0 Å². The zero-order valence-electron chi connectivity index (χ0n) is 20.7. The number of nitrogens with zero attached hydrogens (tertiary/aromatic N) is 2. The van der Waals surface area contributed by atoms with E-state index in [1.165, 1.54) is 11.0 Å². The first-order chi connectivity index (χ1) is 16.9. The fourth-order valence-electron chi connectivity index (χ4n) is 5.99. The number of aromatic hydroxyl groups is 1. The van der Waals surface area contributed by atoms with Crippen molar-refractivity contribution < 1.29 is 34.8 Å². The van der Waals surface area contributed by atoms with E-state index >= 15 is 0 Å². The number of carbonyl (C=O) groups is 3. The number of likely N-dealkylation sites (N-methyl/N-ethyl adjacent to an activating group) is 3. The molecule has 1 fully saturated rings. The van der Waals surface area contributed by atoms with Crippen LogP contribution < -0.4 is 16.0 Å². The Morgan fingerprint density at radius 2 is 1.86 bits per heavy atom. The number of nitrogens with one attached hydrogen (secondary N) is 1. The summed E-state index contributed by atoms with van der Waals surface area (Å²) in [4.78, 5) is 42.4. The van der Waals surface area contributed by atoms with Crippen LogP contribution in [-0.4, -0.2) is 95.7 Å². The monoisotopic (exact) mass is 500 g/mol. The van der Waals surface area contributed by atoms with Gasteiger partial charge in [0.2, 0.25) is 5.78 Å². The number of amides is 1. The fraction of sp³-hybridized carbons (Fsp3) is 0.480. The van der Waals surface area contributed by atoms with Crippen LogP contribution in [0.15, 0.2) is 29.0 Å². The summed E-state index contributed by atoms with van der Waals surface area (Å²) in [5, 5.41) is 47.5. The molecule has 4 rings (SSSR count). The Kier molecular flexibility index (Phi) is 6.36. The van der Waals surface area contributed by atoms with Gasteiger partial charge in [-0.2, -0.15) is 0 Å². The van der Waals surface area contributed by atoms with E-state index in [-0.39, 0.29) is 29.7 Å². The van der Waals surface area contributed by atoms with Gasteiger partial charge >= 0.3 is 0 Å². The van der Waals surface area contributed by atoms with Gasteiger partial charge in [-0.05, 0) is 57.6 Å². The van der Waals surface area contributed by atoms with E-state index in [1.54, 1.807) is 20.2 Å². The number of nitrogens with two attached hydrogens (primary N) is 1. The molecule has 0 aliphatic heterocycles. The molecule has 1 aromatic rings. The van der Waals surface area contributed by atoms with Crippen molar-refractivity contribution in [3.05, 3.63) is 40.2 Å². The first kappa shape index (κ1) is 25.7. The van der Waals surface area contributed by atoms with Gasteiger partial charge in [-0.3, -0.25) is 19.3 Å². The average molecular weight is 501 g/mol. The summed E-state index contributed by atoms with van der Waals surface area (Å²) in [5.41, 5.74) is 3.20. The van der Waals surface area contributed by atoms with Gasteiger partial charge in [-0.15, -0.1) is 0 Å². The molecule has 4 atom stereocenters. The van der Waals surface area contributed by atoms with Crippen molar-refractivity contribution in [2.24, 2.45) is 17.6 Å². The number of aliphatic hydroxyl groups is 3. The Labute approximate surface area is 208 Å². The van der Waals surface area contributed by atoms with Crippen LogP contribution in [0.4, 0.5) is 5.69 Å². The molecular formula is C25H32N4O7. The highest BCUT2D eigenvalue weighted by Gasteiger charge is 2.64. The number of anilines is 1. The lowest BCUT2D eigenvalue weighted by Crippen LogP contribution is -2.65. The summed E-state index contributed by atoms with van der Waals surface area (Å²) < 4.78 is 0. The van der Waals surface area contributed by atoms with Crippen LogP contribution in [-0.2, 0) is 20.8 Å². The van der Waals surface area contributed by atoms with E-state index in [1.807, 2.05) is 19.0 Å². The highest BCUT2D eigenvalue weighted by molar-refractivity contribution is 6.24. The van der Waals surface area contributed by atoms with Crippen molar-refractivity contribution in [2.45, 2.75) is 24.5 Å². The minimum Gasteiger partial charge on any atom is -0.508 e. The Morgan fingerprint density at radius 3 is 2.44 bits per heavy atom. The van der Waals surface area contributed by atoms with Crippen molar-refractivity contribution in [1.82, 2.24) is 10.2 Å². The molecule has 1 aromatic carbocycles. The zero-order valence-corrected chi connectivity index (χ0v) is 20.7. The third-order valence-electron chi connectivity index (χ3n) is 7.69.